The van der Waals surface area contributed by atoms with E-state index in [4.69, 9.17) is 0 Å². The van der Waals surface area contributed by atoms with Gasteiger partial charge in [-0.25, -0.2) is 13.4 Å². The van der Waals surface area contributed by atoms with Gasteiger partial charge in [-0.2, -0.15) is 9.40 Å². The zero-order chi connectivity index (χ0) is 18.2. The van der Waals surface area contributed by atoms with Crippen LogP contribution >= 0.6 is 0 Å². The van der Waals surface area contributed by atoms with E-state index in [9.17, 15) is 13.2 Å². The molecule has 2 aromatic heterocycles. The van der Waals surface area contributed by atoms with Gasteiger partial charge in [-0.3, -0.25) is 9.48 Å². The molecule has 2 aromatic rings. The van der Waals surface area contributed by atoms with Gasteiger partial charge in [0.25, 0.3) is 0 Å². The van der Waals surface area contributed by atoms with E-state index in [0.717, 1.165) is 11.5 Å². The van der Waals surface area contributed by atoms with Crippen molar-refractivity contribution in [2.24, 2.45) is 0 Å². The highest BCUT2D eigenvalue weighted by atomic mass is 32.2. The molecule has 0 spiro atoms. The number of sulfonamides is 1. The molecule has 1 atom stereocenters. The first kappa shape index (κ1) is 17.6. The minimum absolute atomic E-state index is 0.121. The average Bonchev–Trinajstić information content (AvgIpc) is 3.15. The highest BCUT2D eigenvalue weighted by Gasteiger charge is 2.24. The Hall–Kier alpha value is -2.20. The van der Waals surface area contributed by atoms with Crippen LogP contribution in [0.5, 0.6) is 0 Å². The van der Waals surface area contributed by atoms with Crippen molar-refractivity contribution >= 4 is 15.9 Å². The third-order valence-electron chi connectivity index (χ3n) is 4.39. The number of hydrogen-bond donors (Lipinski definition) is 1. The minimum Gasteiger partial charge on any atom is -0.349 e. The van der Waals surface area contributed by atoms with Gasteiger partial charge in [0.2, 0.25) is 15.9 Å². The third kappa shape index (κ3) is 3.74. The van der Waals surface area contributed by atoms with Crippen LogP contribution < -0.4 is 5.32 Å². The Morgan fingerprint density at radius 3 is 2.80 bits per heavy atom. The molecule has 1 amide bonds. The number of carbonyl (C=O) groups is 1. The Labute approximate surface area is 146 Å². The van der Waals surface area contributed by atoms with Gasteiger partial charge in [0.05, 0.1) is 37.3 Å². The zero-order valence-electron chi connectivity index (χ0n) is 14.5. The molecule has 1 aliphatic rings. The van der Waals surface area contributed by atoms with Crippen molar-refractivity contribution in [2.45, 2.75) is 39.5 Å². The Morgan fingerprint density at radius 2 is 2.16 bits per heavy atom. The number of fused-ring (bicyclic) bond motifs is 1. The second-order valence-electron chi connectivity index (χ2n) is 6.22. The van der Waals surface area contributed by atoms with Crippen molar-refractivity contribution in [3.05, 3.63) is 35.7 Å². The number of carbonyl (C=O) groups excluding carboxylic acids is 1. The van der Waals surface area contributed by atoms with Gasteiger partial charge in [0.15, 0.2) is 0 Å². The first-order chi connectivity index (χ1) is 11.8. The molecule has 9 nitrogen and oxygen atoms in total. The molecule has 10 heteroatoms. The molecule has 0 unspecified atom stereocenters. The van der Waals surface area contributed by atoms with Crippen molar-refractivity contribution in [2.75, 3.05) is 12.8 Å². The number of nitrogens with zero attached hydrogens (tertiary/aromatic N) is 5. The molecule has 0 saturated heterocycles. The minimum atomic E-state index is -3.21. The molecule has 1 aliphatic heterocycles. The van der Waals surface area contributed by atoms with E-state index in [1.807, 2.05) is 19.9 Å². The predicted octanol–water partition coefficient (Wildman–Crippen LogP) is 0.0406. The summed E-state index contributed by atoms with van der Waals surface area (Å²) in [7, 11) is -3.21. The van der Waals surface area contributed by atoms with Crippen molar-refractivity contribution in [3.8, 4) is 0 Å². The summed E-state index contributed by atoms with van der Waals surface area (Å²) in [5, 5.41) is 7.31. The van der Waals surface area contributed by atoms with Crippen LogP contribution in [0.15, 0.2) is 18.5 Å². The number of nitrogens with one attached hydrogen (secondary N) is 1. The summed E-state index contributed by atoms with van der Waals surface area (Å²) in [5.41, 5.74) is 1.55. The van der Waals surface area contributed by atoms with Crippen molar-refractivity contribution in [1.29, 1.82) is 0 Å². The lowest BCUT2D eigenvalue weighted by Gasteiger charge is -2.25. The molecule has 25 heavy (non-hydrogen) atoms. The van der Waals surface area contributed by atoms with Gasteiger partial charge < -0.3 is 9.88 Å². The maximum Gasteiger partial charge on any atom is 0.243 e. The standard InChI is InChI=1S/C15H22N6O3S/c1-11(20-5-4-16-12(20)2)15(22)17-9-13-8-14-10-19(25(3,23)24)6-7-21(14)18-13/h4-5,8,11H,6-7,9-10H2,1-3H3,(H,17,22)/t11-/m1/s1. The van der Waals surface area contributed by atoms with E-state index in [-0.39, 0.29) is 11.9 Å². The summed E-state index contributed by atoms with van der Waals surface area (Å²) in [5.74, 6) is 0.658. The van der Waals surface area contributed by atoms with Gasteiger partial charge in [-0.05, 0) is 19.9 Å². The number of aryl methyl sites for hydroxylation is 1. The van der Waals surface area contributed by atoms with Crippen molar-refractivity contribution in [1.82, 2.24) is 29.0 Å². The molecule has 0 bridgehead atoms. The lowest BCUT2D eigenvalue weighted by Crippen LogP contribution is -2.37. The molecule has 0 saturated carbocycles. The molecule has 0 fully saturated rings. The Balaban J connectivity index is 1.63. The second-order valence-corrected chi connectivity index (χ2v) is 8.20. The summed E-state index contributed by atoms with van der Waals surface area (Å²) >= 11 is 0. The van der Waals surface area contributed by atoms with E-state index >= 15 is 0 Å². The Kier molecular flexibility index (Phi) is 4.65. The van der Waals surface area contributed by atoms with E-state index in [1.54, 1.807) is 21.6 Å². The topological polar surface area (TPSA) is 102 Å². The highest BCUT2D eigenvalue weighted by molar-refractivity contribution is 7.88. The molecule has 3 heterocycles. The fourth-order valence-corrected chi connectivity index (χ4v) is 3.70. The molecule has 0 aliphatic carbocycles. The molecule has 3 rings (SSSR count). The van der Waals surface area contributed by atoms with Crippen molar-refractivity contribution in [3.63, 3.8) is 0 Å². The first-order valence-corrected chi connectivity index (χ1v) is 9.88. The molecule has 0 radical (unpaired) electrons. The van der Waals surface area contributed by atoms with Crippen LogP contribution in [0.2, 0.25) is 0 Å². The average molecular weight is 366 g/mol. The van der Waals surface area contributed by atoms with Crippen LogP contribution in [0, 0.1) is 6.92 Å². The van der Waals surface area contributed by atoms with Crippen LogP contribution in [-0.2, 0) is 34.5 Å². The quantitative estimate of drug-likeness (QED) is 0.805. The summed E-state index contributed by atoms with van der Waals surface area (Å²) in [6, 6.07) is 1.48. The fraction of sp³-hybridized carbons (Fsp3) is 0.533. The lowest BCUT2D eigenvalue weighted by molar-refractivity contribution is -0.124. The van der Waals surface area contributed by atoms with Gasteiger partial charge in [-0.1, -0.05) is 0 Å². The van der Waals surface area contributed by atoms with E-state index in [0.29, 0.717) is 31.9 Å². The number of amides is 1. The smallest absolute Gasteiger partial charge is 0.243 e. The zero-order valence-corrected chi connectivity index (χ0v) is 15.3. The van der Waals surface area contributed by atoms with Crippen LogP contribution in [0.3, 0.4) is 0 Å². The van der Waals surface area contributed by atoms with Crippen LogP contribution in [0.25, 0.3) is 0 Å². The summed E-state index contributed by atoms with van der Waals surface area (Å²) < 4.78 is 28.4. The van der Waals surface area contributed by atoms with E-state index in [1.165, 1.54) is 10.6 Å². The molecule has 0 aromatic carbocycles. The Morgan fingerprint density at radius 1 is 1.40 bits per heavy atom. The highest BCUT2D eigenvalue weighted by Crippen LogP contribution is 2.16. The monoisotopic (exact) mass is 366 g/mol. The maximum absolute atomic E-state index is 12.3. The summed E-state index contributed by atoms with van der Waals surface area (Å²) in [4.78, 5) is 16.4. The van der Waals surface area contributed by atoms with E-state index < -0.39 is 10.0 Å². The van der Waals surface area contributed by atoms with Gasteiger partial charge in [0.1, 0.15) is 11.9 Å². The number of imidazole rings is 1. The second kappa shape index (κ2) is 6.60. The SMILES string of the molecule is Cc1nccn1[C@H](C)C(=O)NCc1cc2n(n1)CCN(S(C)(=O)=O)C2. The lowest BCUT2D eigenvalue weighted by atomic mass is 10.3. The fourth-order valence-electron chi connectivity index (χ4n) is 2.92. The third-order valence-corrected chi connectivity index (χ3v) is 5.63. The number of rotatable bonds is 5. The Bertz CT molecular complexity index is 885. The maximum atomic E-state index is 12.3. The number of aromatic nitrogens is 4. The van der Waals surface area contributed by atoms with Crippen LogP contribution in [-0.4, -0.2) is 50.8 Å². The van der Waals surface area contributed by atoms with Gasteiger partial charge in [0, 0.05) is 18.9 Å². The molecular formula is C15H22N6O3S. The first-order valence-electron chi connectivity index (χ1n) is 8.03. The summed E-state index contributed by atoms with van der Waals surface area (Å²) in [6.45, 7) is 5.20. The normalized spacial score (nSPS) is 16.4. The predicted molar refractivity (Wildman–Crippen MR) is 91.0 cm³/mol. The molecule has 1 N–H and O–H groups in total. The number of hydrogen-bond acceptors (Lipinski definition) is 5. The van der Waals surface area contributed by atoms with E-state index in [2.05, 4.69) is 15.4 Å². The van der Waals surface area contributed by atoms with Crippen LogP contribution in [0.4, 0.5) is 0 Å². The largest absolute Gasteiger partial charge is 0.349 e. The summed E-state index contributed by atoms with van der Waals surface area (Å²) in [6.07, 6.45) is 4.64. The van der Waals surface area contributed by atoms with Gasteiger partial charge >= 0.3 is 0 Å². The van der Waals surface area contributed by atoms with Crippen LogP contribution in [0.1, 0.15) is 30.2 Å². The van der Waals surface area contributed by atoms with Crippen molar-refractivity contribution < 1.29 is 13.2 Å². The molecule has 136 valence electrons. The van der Waals surface area contributed by atoms with Gasteiger partial charge in [-0.15, -0.1) is 0 Å². The molecular weight excluding hydrogens is 344 g/mol.